The van der Waals surface area contributed by atoms with E-state index < -0.39 is 18.6 Å². The number of nitrogens with zero attached hydrogens (tertiary/aromatic N) is 1. The summed E-state index contributed by atoms with van der Waals surface area (Å²) < 4.78 is 32.6. The Bertz CT molecular complexity index is 468. The molecule has 1 aromatic carbocycles. The van der Waals surface area contributed by atoms with Gasteiger partial charge in [0.1, 0.15) is 6.61 Å². The SMILES string of the molecule is NCC1CCN(C(=O)OCc2ccccc2)CC(F)(F)C1. The highest BCUT2D eigenvalue weighted by Crippen LogP contribution is 2.30. The highest BCUT2D eigenvalue weighted by Gasteiger charge is 2.39. The van der Waals surface area contributed by atoms with Gasteiger partial charge in [0, 0.05) is 13.0 Å². The first-order chi connectivity index (χ1) is 10.00. The van der Waals surface area contributed by atoms with Crippen molar-refractivity contribution in [3.63, 3.8) is 0 Å². The molecule has 4 nitrogen and oxygen atoms in total. The molecule has 1 unspecified atom stereocenters. The van der Waals surface area contributed by atoms with Crippen molar-refractivity contribution in [2.45, 2.75) is 25.4 Å². The second-order valence-electron chi connectivity index (χ2n) is 5.41. The summed E-state index contributed by atoms with van der Waals surface area (Å²) in [6.07, 6.45) is -0.491. The molecule has 0 radical (unpaired) electrons. The topological polar surface area (TPSA) is 55.6 Å². The predicted octanol–water partition coefficient (Wildman–Crippen LogP) is 2.63. The van der Waals surface area contributed by atoms with Crippen LogP contribution < -0.4 is 5.73 Å². The van der Waals surface area contributed by atoms with Crippen molar-refractivity contribution < 1.29 is 18.3 Å². The smallest absolute Gasteiger partial charge is 0.410 e. The maximum atomic E-state index is 13.8. The van der Waals surface area contributed by atoms with Gasteiger partial charge in [-0.1, -0.05) is 30.3 Å². The van der Waals surface area contributed by atoms with Gasteiger partial charge in [-0.3, -0.25) is 0 Å². The van der Waals surface area contributed by atoms with E-state index in [1.165, 1.54) is 0 Å². The van der Waals surface area contributed by atoms with Crippen molar-refractivity contribution in [2.24, 2.45) is 11.7 Å². The Labute approximate surface area is 122 Å². The van der Waals surface area contributed by atoms with E-state index in [1.54, 1.807) is 0 Å². The summed E-state index contributed by atoms with van der Waals surface area (Å²) >= 11 is 0. The third-order valence-corrected chi connectivity index (χ3v) is 3.61. The zero-order valence-electron chi connectivity index (χ0n) is 11.8. The fraction of sp³-hybridized carbons (Fsp3) is 0.533. The molecule has 0 bridgehead atoms. The minimum absolute atomic E-state index is 0.0854. The van der Waals surface area contributed by atoms with Crippen LogP contribution in [0.25, 0.3) is 0 Å². The Morgan fingerprint density at radius 3 is 2.76 bits per heavy atom. The van der Waals surface area contributed by atoms with Gasteiger partial charge in [-0.15, -0.1) is 0 Å². The van der Waals surface area contributed by atoms with Crippen molar-refractivity contribution in [3.05, 3.63) is 35.9 Å². The molecule has 1 aliphatic heterocycles. The van der Waals surface area contributed by atoms with Crippen LogP contribution in [0.2, 0.25) is 0 Å². The van der Waals surface area contributed by atoms with Crippen LogP contribution in [0.5, 0.6) is 0 Å². The number of ether oxygens (including phenoxy) is 1. The fourth-order valence-corrected chi connectivity index (χ4v) is 2.45. The number of halogens is 2. The molecule has 0 aliphatic carbocycles. The number of carbonyl (C=O) groups is 1. The minimum Gasteiger partial charge on any atom is -0.445 e. The summed E-state index contributed by atoms with van der Waals surface area (Å²) in [6.45, 7) is -0.0489. The third kappa shape index (κ3) is 4.67. The number of carbonyl (C=O) groups excluding carboxylic acids is 1. The van der Waals surface area contributed by atoms with Gasteiger partial charge >= 0.3 is 6.09 Å². The van der Waals surface area contributed by atoms with Crippen molar-refractivity contribution >= 4 is 6.09 Å². The van der Waals surface area contributed by atoms with Crippen LogP contribution in [-0.4, -0.2) is 36.5 Å². The molecule has 1 saturated heterocycles. The normalized spacial score (nSPS) is 21.7. The highest BCUT2D eigenvalue weighted by molar-refractivity contribution is 5.67. The van der Waals surface area contributed by atoms with E-state index in [0.29, 0.717) is 6.42 Å². The molecular formula is C15H20F2N2O2. The van der Waals surface area contributed by atoms with Crippen LogP contribution in [0, 0.1) is 5.92 Å². The van der Waals surface area contributed by atoms with E-state index in [0.717, 1.165) is 10.5 Å². The number of hydrogen-bond acceptors (Lipinski definition) is 3. The zero-order chi connectivity index (χ0) is 15.3. The van der Waals surface area contributed by atoms with Crippen LogP contribution in [0.15, 0.2) is 30.3 Å². The monoisotopic (exact) mass is 298 g/mol. The van der Waals surface area contributed by atoms with Crippen molar-refractivity contribution in [3.8, 4) is 0 Å². The molecule has 0 saturated carbocycles. The minimum atomic E-state index is -2.91. The van der Waals surface area contributed by atoms with Crippen molar-refractivity contribution in [1.82, 2.24) is 4.90 Å². The molecule has 1 atom stereocenters. The average Bonchev–Trinajstić information content (AvgIpc) is 2.63. The van der Waals surface area contributed by atoms with Crippen molar-refractivity contribution in [2.75, 3.05) is 19.6 Å². The average molecular weight is 298 g/mol. The summed E-state index contributed by atoms with van der Waals surface area (Å²) in [5.41, 5.74) is 6.31. The van der Waals surface area contributed by atoms with Gasteiger partial charge < -0.3 is 15.4 Å². The highest BCUT2D eigenvalue weighted by atomic mass is 19.3. The van der Waals surface area contributed by atoms with E-state index in [9.17, 15) is 13.6 Å². The molecule has 1 fully saturated rings. The molecule has 21 heavy (non-hydrogen) atoms. The van der Waals surface area contributed by atoms with Gasteiger partial charge in [-0.25, -0.2) is 13.6 Å². The maximum absolute atomic E-state index is 13.8. The molecule has 6 heteroatoms. The summed E-state index contributed by atoms with van der Waals surface area (Å²) in [4.78, 5) is 13.0. The molecule has 1 amide bonds. The Morgan fingerprint density at radius 1 is 1.38 bits per heavy atom. The number of likely N-dealkylation sites (tertiary alicyclic amines) is 1. The van der Waals surface area contributed by atoms with Crippen LogP contribution in [0.1, 0.15) is 18.4 Å². The predicted molar refractivity (Wildman–Crippen MR) is 74.9 cm³/mol. The number of benzene rings is 1. The van der Waals surface area contributed by atoms with E-state index in [2.05, 4.69) is 0 Å². The van der Waals surface area contributed by atoms with Crippen molar-refractivity contribution in [1.29, 1.82) is 0 Å². The van der Waals surface area contributed by atoms with Crippen LogP contribution in [0.3, 0.4) is 0 Å². The van der Waals surface area contributed by atoms with Crippen LogP contribution in [-0.2, 0) is 11.3 Å². The molecule has 2 N–H and O–H groups in total. The first-order valence-electron chi connectivity index (χ1n) is 7.04. The lowest BCUT2D eigenvalue weighted by Gasteiger charge is -2.23. The van der Waals surface area contributed by atoms with E-state index >= 15 is 0 Å². The Morgan fingerprint density at radius 2 is 2.10 bits per heavy atom. The molecule has 0 aromatic heterocycles. The zero-order valence-corrected chi connectivity index (χ0v) is 11.8. The van der Waals surface area contributed by atoms with E-state index in [4.69, 9.17) is 10.5 Å². The number of nitrogens with two attached hydrogens (primary N) is 1. The van der Waals surface area contributed by atoms with E-state index in [1.807, 2.05) is 30.3 Å². The second-order valence-corrected chi connectivity index (χ2v) is 5.41. The quantitative estimate of drug-likeness (QED) is 0.933. The first-order valence-corrected chi connectivity index (χ1v) is 7.04. The lowest BCUT2D eigenvalue weighted by Crippen LogP contribution is -2.39. The Balaban J connectivity index is 1.92. The number of amides is 1. The lowest BCUT2D eigenvalue weighted by molar-refractivity contribution is -0.0363. The number of rotatable bonds is 3. The first kappa shape index (κ1) is 15.7. The molecule has 1 aliphatic rings. The summed E-state index contributed by atoms with van der Waals surface area (Å²) in [5, 5.41) is 0. The molecular weight excluding hydrogens is 278 g/mol. The van der Waals surface area contributed by atoms with Gasteiger partial charge in [0.25, 0.3) is 5.92 Å². The van der Waals surface area contributed by atoms with Crippen LogP contribution >= 0.6 is 0 Å². The lowest BCUT2D eigenvalue weighted by atomic mass is 9.99. The maximum Gasteiger partial charge on any atom is 0.410 e. The summed E-state index contributed by atoms with van der Waals surface area (Å²) in [5.74, 6) is -3.17. The Hall–Kier alpha value is -1.69. The Kier molecular flexibility index (Phi) is 5.12. The van der Waals surface area contributed by atoms with E-state index in [-0.39, 0.29) is 32.0 Å². The van der Waals surface area contributed by atoms with Gasteiger partial charge in [-0.2, -0.15) is 0 Å². The molecule has 2 rings (SSSR count). The summed E-state index contributed by atoms with van der Waals surface area (Å²) in [6, 6.07) is 9.14. The second kappa shape index (κ2) is 6.85. The van der Waals surface area contributed by atoms with Crippen LogP contribution in [0.4, 0.5) is 13.6 Å². The van der Waals surface area contributed by atoms with Gasteiger partial charge in [0.2, 0.25) is 0 Å². The molecule has 116 valence electrons. The third-order valence-electron chi connectivity index (χ3n) is 3.61. The molecule has 1 aromatic rings. The largest absolute Gasteiger partial charge is 0.445 e. The molecule has 1 heterocycles. The molecule has 0 spiro atoms. The number of hydrogen-bond donors (Lipinski definition) is 1. The fourth-order valence-electron chi connectivity index (χ4n) is 2.45. The number of alkyl halides is 2. The standard InChI is InChI=1S/C15H20F2N2O2/c16-15(17)8-13(9-18)6-7-19(11-15)14(20)21-10-12-4-2-1-3-5-12/h1-5,13H,6-11,18H2. The van der Waals surface area contributed by atoms with Gasteiger partial charge in [-0.05, 0) is 24.4 Å². The summed E-state index contributed by atoms with van der Waals surface area (Å²) in [7, 11) is 0. The van der Waals surface area contributed by atoms with Gasteiger partial charge in [0.05, 0.1) is 6.54 Å². The van der Waals surface area contributed by atoms with Gasteiger partial charge in [0.15, 0.2) is 0 Å².